The third kappa shape index (κ3) is 4.41. The molecule has 0 aliphatic heterocycles. The summed E-state index contributed by atoms with van der Waals surface area (Å²) in [7, 11) is 1.73. The van der Waals surface area contributed by atoms with Crippen LogP contribution in [0.5, 0.6) is 0 Å². The Balaban J connectivity index is 3.08. The molecule has 1 unspecified atom stereocenters. The Morgan fingerprint density at radius 2 is 1.95 bits per heavy atom. The largest absolute Gasteiger partial charge is 0.377 e. The van der Waals surface area contributed by atoms with E-state index in [1.54, 1.807) is 19.2 Å². The molecule has 1 aromatic carbocycles. The molecule has 0 bridgehead atoms. The fourth-order valence-electron chi connectivity index (χ4n) is 2.87. The van der Waals surface area contributed by atoms with Gasteiger partial charge in [-0.25, -0.2) is 4.39 Å². The molecule has 4 heteroatoms. The molecular formula is C17H27ClFNO. The van der Waals surface area contributed by atoms with Crippen LogP contribution in [0.3, 0.4) is 0 Å². The minimum absolute atomic E-state index is 0.0341. The molecule has 0 saturated carbocycles. The number of halogens is 2. The molecule has 1 rings (SSSR count). The van der Waals surface area contributed by atoms with Crippen molar-refractivity contribution < 1.29 is 9.13 Å². The molecule has 0 spiro atoms. The van der Waals surface area contributed by atoms with E-state index in [-0.39, 0.29) is 17.5 Å². The minimum atomic E-state index is -0.305. The average Bonchev–Trinajstić information content (AvgIpc) is 2.49. The molecule has 0 amide bonds. The summed E-state index contributed by atoms with van der Waals surface area (Å²) in [6.45, 7) is 7.21. The number of methoxy groups -OCH3 is 1. The molecule has 0 aliphatic rings. The Labute approximate surface area is 133 Å². The van der Waals surface area contributed by atoms with Gasteiger partial charge in [-0.3, -0.25) is 0 Å². The van der Waals surface area contributed by atoms with Gasteiger partial charge in [0, 0.05) is 23.7 Å². The molecule has 0 aliphatic carbocycles. The van der Waals surface area contributed by atoms with Gasteiger partial charge in [-0.05, 0) is 44.4 Å². The van der Waals surface area contributed by atoms with Crippen LogP contribution in [-0.2, 0) is 11.2 Å². The number of hydrogen-bond acceptors (Lipinski definition) is 2. The van der Waals surface area contributed by atoms with Crippen LogP contribution in [0.25, 0.3) is 0 Å². The van der Waals surface area contributed by atoms with E-state index in [0.29, 0.717) is 17.0 Å². The van der Waals surface area contributed by atoms with Gasteiger partial charge in [0.05, 0.1) is 5.60 Å². The molecule has 2 nitrogen and oxygen atoms in total. The van der Waals surface area contributed by atoms with Gasteiger partial charge < -0.3 is 10.1 Å². The van der Waals surface area contributed by atoms with Crippen molar-refractivity contribution in [1.82, 2.24) is 5.32 Å². The highest BCUT2D eigenvalue weighted by Gasteiger charge is 2.36. The summed E-state index contributed by atoms with van der Waals surface area (Å²) < 4.78 is 19.9. The smallest absolute Gasteiger partial charge is 0.127 e. The molecule has 120 valence electrons. The lowest BCUT2D eigenvalue weighted by Gasteiger charge is -2.39. The van der Waals surface area contributed by atoms with E-state index < -0.39 is 0 Å². The maximum absolute atomic E-state index is 14.1. The topological polar surface area (TPSA) is 21.3 Å². The van der Waals surface area contributed by atoms with Gasteiger partial charge in [0.1, 0.15) is 5.82 Å². The minimum Gasteiger partial charge on any atom is -0.377 e. The Morgan fingerprint density at radius 1 is 1.29 bits per heavy atom. The second-order valence-corrected chi connectivity index (χ2v) is 5.79. The van der Waals surface area contributed by atoms with Crippen molar-refractivity contribution in [2.45, 2.75) is 58.1 Å². The first-order chi connectivity index (χ1) is 10.0. The van der Waals surface area contributed by atoms with Gasteiger partial charge in [0.25, 0.3) is 0 Å². The predicted molar refractivity (Wildman–Crippen MR) is 87.5 cm³/mol. The highest BCUT2D eigenvalue weighted by molar-refractivity contribution is 6.31. The number of ether oxygens (including phenoxy) is 1. The molecular weight excluding hydrogens is 289 g/mol. The van der Waals surface area contributed by atoms with Crippen LogP contribution >= 0.6 is 11.6 Å². The maximum atomic E-state index is 14.1. The number of benzene rings is 1. The van der Waals surface area contributed by atoms with Crippen molar-refractivity contribution in [3.8, 4) is 0 Å². The SMILES string of the molecule is CCCNC(Cc1c(F)cccc1Cl)C(CC)(CC)OC. The van der Waals surface area contributed by atoms with Gasteiger partial charge in [-0.15, -0.1) is 0 Å². The zero-order valence-corrected chi connectivity index (χ0v) is 14.3. The zero-order valence-electron chi connectivity index (χ0n) is 13.5. The van der Waals surface area contributed by atoms with Crippen LogP contribution in [0.1, 0.15) is 45.6 Å². The van der Waals surface area contributed by atoms with E-state index in [0.717, 1.165) is 25.8 Å². The van der Waals surface area contributed by atoms with Crippen molar-refractivity contribution in [3.05, 3.63) is 34.6 Å². The van der Waals surface area contributed by atoms with Crippen LogP contribution in [0.15, 0.2) is 18.2 Å². The van der Waals surface area contributed by atoms with Gasteiger partial charge in [-0.2, -0.15) is 0 Å². The van der Waals surface area contributed by atoms with Crippen LogP contribution < -0.4 is 5.32 Å². The predicted octanol–water partition coefficient (Wildman–Crippen LogP) is 4.60. The fourth-order valence-corrected chi connectivity index (χ4v) is 3.11. The van der Waals surface area contributed by atoms with Crippen molar-refractivity contribution in [2.75, 3.05) is 13.7 Å². The van der Waals surface area contributed by atoms with Crippen molar-refractivity contribution in [2.24, 2.45) is 0 Å². The quantitative estimate of drug-likeness (QED) is 0.719. The van der Waals surface area contributed by atoms with Gasteiger partial charge in [-0.1, -0.05) is 38.4 Å². The standard InChI is InChI=1S/C17H27ClFNO/c1-5-11-20-16(17(6-2,7-3)21-4)12-13-14(18)9-8-10-15(13)19/h8-10,16,20H,5-7,11-12H2,1-4H3. The molecule has 1 atom stereocenters. The van der Waals surface area contributed by atoms with Crippen molar-refractivity contribution in [1.29, 1.82) is 0 Å². The number of nitrogens with one attached hydrogen (secondary N) is 1. The summed E-state index contributed by atoms with van der Waals surface area (Å²) in [5.74, 6) is -0.247. The lowest BCUT2D eigenvalue weighted by molar-refractivity contribution is -0.0473. The Bertz CT molecular complexity index is 406. The van der Waals surface area contributed by atoms with Crippen LogP contribution in [0.2, 0.25) is 5.02 Å². The second-order valence-electron chi connectivity index (χ2n) is 5.39. The summed E-state index contributed by atoms with van der Waals surface area (Å²) in [5.41, 5.74) is 0.261. The van der Waals surface area contributed by atoms with E-state index in [1.807, 2.05) is 0 Å². The van der Waals surface area contributed by atoms with E-state index in [4.69, 9.17) is 16.3 Å². The Morgan fingerprint density at radius 3 is 2.43 bits per heavy atom. The van der Waals surface area contributed by atoms with Gasteiger partial charge in [0.2, 0.25) is 0 Å². The van der Waals surface area contributed by atoms with Gasteiger partial charge >= 0.3 is 0 Å². The highest BCUT2D eigenvalue weighted by atomic mass is 35.5. The summed E-state index contributed by atoms with van der Waals surface area (Å²) in [6.07, 6.45) is 3.29. The van der Waals surface area contributed by atoms with E-state index >= 15 is 0 Å². The highest BCUT2D eigenvalue weighted by Crippen LogP contribution is 2.29. The lowest BCUT2D eigenvalue weighted by atomic mass is 9.84. The normalized spacial score (nSPS) is 13.4. The molecule has 0 heterocycles. The van der Waals surface area contributed by atoms with Crippen LogP contribution in [0.4, 0.5) is 4.39 Å². The molecule has 1 N–H and O–H groups in total. The summed E-state index contributed by atoms with van der Waals surface area (Å²) in [4.78, 5) is 0. The van der Waals surface area contributed by atoms with Crippen molar-refractivity contribution in [3.63, 3.8) is 0 Å². The number of rotatable bonds is 9. The van der Waals surface area contributed by atoms with Gasteiger partial charge in [0.15, 0.2) is 0 Å². The zero-order chi connectivity index (χ0) is 15.9. The Hall–Kier alpha value is -0.640. The molecule has 0 aromatic heterocycles. The van der Waals surface area contributed by atoms with Crippen LogP contribution in [-0.4, -0.2) is 25.3 Å². The van der Waals surface area contributed by atoms with Crippen LogP contribution in [0, 0.1) is 5.82 Å². The number of hydrogen-bond donors (Lipinski definition) is 1. The summed E-state index contributed by atoms with van der Waals surface area (Å²) in [6, 6.07) is 4.87. The molecule has 0 radical (unpaired) electrons. The third-order valence-corrected chi connectivity index (χ3v) is 4.70. The second kappa shape index (κ2) is 8.72. The molecule has 0 saturated heterocycles. The first-order valence-electron chi connectivity index (χ1n) is 7.76. The maximum Gasteiger partial charge on any atom is 0.127 e. The average molecular weight is 316 g/mol. The monoisotopic (exact) mass is 315 g/mol. The van der Waals surface area contributed by atoms with E-state index in [2.05, 4.69) is 26.1 Å². The summed E-state index contributed by atoms with van der Waals surface area (Å²) in [5, 5.41) is 4.00. The third-order valence-electron chi connectivity index (χ3n) is 4.35. The molecule has 21 heavy (non-hydrogen) atoms. The molecule has 1 aromatic rings. The lowest BCUT2D eigenvalue weighted by Crippen LogP contribution is -2.53. The van der Waals surface area contributed by atoms with E-state index in [1.165, 1.54) is 6.07 Å². The first-order valence-corrected chi connectivity index (χ1v) is 8.13. The fraction of sp³-hybridized carbons (Fsp3) is 0.647. The first kappa shape index (κ1) is 18.4. The van der Waals surface area contributed by atoms with Crippen molar-refractivity contribution >= 4 is 11.6 Å². The Kier molecular flexibility index (Phi) is 7.64. The summed E-state index contributed by atoms with van der Waals surface area (Å²) >= 11 is 6.18. The molecule has 0 fully saturated rings. The van der Waals surface area contributed by atoms with E-state index in [9.17, 15) is 4.39 Å².